The zero-order valence-corrected chi connectivity index (χ0v) is 6.36. The van der Waals surface area contributed by atoms with E-state index in [1.54, 1.807) is 0 Å². The Balaban J connectivity index is 3.00. The molecule has 1 rings (SSSR count). The van der Waals surface area contributed by atoms with E-state index in [0.717, 1.165) is 24.3 Å². The lowest BCUT2D eigenvalue weighted by molar-refractivity contribution is 0.501. The fourth-order valence-electron chi connectivity index (χ4n) is 0.811. The first-order valence-electron chi connectivity index (χ1n) is 3.39. The van der Waals surface area contributed by atoms with Crippen molar-refractivity contribution in [1.82, 2.24) is 0 Å². The maximum atomic E-state index is 12.1. The monoisotopic (exact) mass is 186 g/mol. The van der Waals surface area contributed by atoms with E-state index in [-0.39, 0.29) is 5.69 Å². The van der Waals surface area contributed by atoms with E-state index in [1.807, 2.05) is 0 Å². The maximum absolute atomic E-state index is 12.1. The summed E-state index contributed by atoms with van der Waals surface area (Å²) >= 11 is 0. The molecule has 0 saturated carbocycles. The molecular formula is C6H4BF3N3-. The van der Waals surface area contributed by atoms with Crippen molar-refractivity contribution in [3.63, 3.8) is 0 Å². The first kappa shape index (κ1) is 9.47. The van der Waals surface area contributed by atoms with Crippen LogP contribution in [0.1, 0.15) is 0 Å². The highest BCUT2D eigenvalue weighted by Gasteiger charge is 2.24. The lowest BCUT2D eigenvalue weighted by Gasteiger charge is -2.13. The molecule has 0 fully saturated rings. The summed E-state index contributed by atoms with van der Waals surface area (Å²) in [5.41, 5.74) is 7.46. The van der Waals surface area contributed by atoms with Gasteiger partial charge in [-0.05, 0) is 5.53 Å². The van der Waals surface area contributed by atoms with Crippen molar-refractivity contribution in [2.75, 3.05) is 0 Å². The molecule has 0 amide bonds. The van der Waals surface area contributed by atoms with Crippen LogP contribution in [-0.4, -0.2) is 6.98 Å². The van der Waals surface area contributed by atoms with Gasteiger partial charge in [0.25, 0.3) is 0 Å². The zero-order valence-electron chi connectivity index (χ0n) is 6.36. The summed E-state index contributed by atoms with van der Waals surface area (Å²) in [6.45, 7) is -4.97. The van der Waals surface area contributed by atoms with Gasteiger partial charge in [0.1, 0.15) is 0 Å². The minimum absolute atomic E-state index is 0.173. The van der Waals surface area contributed by atoms with Crippen LogP contribution < -0.4 is 5.46 Å². The summed E-state index contributed by atoms with van der Waals surface area (Å²) in [4.78, 5) is 2.45. The molecule has 0 bridgehead atoms. The third-order valence-electron chi connectivity index (χ3n) is 1.43. The molecule has 1 aromatic rings. The van der Waals surface area contributed by atoms with Crippen LogP contribution >= 0.6 is 0 Å². The number of hydrogen-bond donors (Lipinski definition) is 0. The molecule has 1 aromatic carbocycles. The Morgan fingerprint density at radius 1 is 1.15 bits per heavy atom. The van der Waals surface area contributed by atoms with Gasteiger partial charge >= 0.3 is 6.98 Å². The number of azide groups is 1. The van der Waals surface area contributed by atoms with Crippen molar-refractivity contribution in [2.45, 2.75) is 0 Å². The van der Waals surface area contributed by atoms with E-state index >= 15 is 0 Å². The second-order valence-electron chi connectivity index (χ2n) is 2.36. The molecule has 0 saturated heterocycles. The molecule has 0 unspecified atom stereocenters. The molecule has 0 aliphatic carbocycles. The standard InChI is InChI=1S/C6H4BF3N3/c8-7(9,10)5-1-3-6(4-2-5)12-13-11/h1-4H/q-1. The van der Waals surface area contributed by atoms with Crippen LogP contribution in [0, 0.1) is 0 Å². The molecule has 0 aliphatic heterocycles. The van der Waals surface area contributed by atoms with Crippen molar-refractivity contribution in [3.8, 4) is 0 Å². The largest absolute Gasteiger partial charge is 0.509 e. The third-order valence-corrected chi connectivity index (χ3v) is 1.43. The SMILES string of the molecule is [N-]=[N+]=Nc1ccc([B-](F)(F)F)cc1. The zero-order chi connectivity index (χ0) is 9.90. The van der Waals surface area contributed by atoms with Crippen molar-refractivity contribution >= 4 is 18.1 Å². The van der Waals surface area contributed by atoms with E-state index in [1.165, 1.54) is 0 Å². The van der Waals surface area contributed by atoms with Crippen molar-refractivity contribution in [2.24, 2.45) is 5.11 Å². The van der Waals surface area contributed by atoms with Gasteiger partial charge in [0.2, 0.25) is 0 Å². The Labute approximate surface area is 71.9 Å². The van der Waals surface area contributed by atoms with Gasteiger partial charge in [0, 0.05) is 10.6 Å². The Morgan fingerprint density at radius 2 is 1.69 bits per heavy atom. The first-order chi connectivity index (χ1) is 6.04. The molecule has 0 radical (unpaired) electrons. The van der Waals surface area contributed by atoms with Gasteiger partial charge in [-0.2, -0.15) is 0 Å². The quantitative estimate of drug-likeness (QED) is 0.295. The fraction of sp³-hybridized carbons (Fsp3) is 0. The highest BCUT2D eigenvalue weighted by Crippen LogP contribution is 2.13. The summed E-state index contributed by atoms with van der Waals surface area (Å²) in [5, 5.41) is 3.15. The predicted molar refractivity (Wildman–Crippen MR) is 44.0 cm³/mol. The molecule has 13 heavy (non-hydrogen) atoms. The molecule has 0 heterocycles. The molecule has 68 valence electrons. The maximum Gasteiger partial charge on any atom is 0.509 e. The topological polar surface area (TPSA) is 48.8 Å². The first-order valence-corrected chi connectivity index (χ1v) is 3.39. The molecule has 0 aliphatic rings. The van der Waals surface area contributed by atoms with Crippen LogP contribution in [0.2, 0.25) is 0 Å². The summed E-state index contributed by atoms with van der Waals surface area (Å²) in [6.07, 6.45) is 0. The summed E-state index contributed by atoms with van der Waals surface area (Å²) in [6, 6.07) is 4.04. The molecule has 0 N–H and O–H groups in total. The van der Waals surface area contributed by atoms with Gasteiger partial charge in [-0.1, -0.05) is 29.4 Å². The van der Waals surface area contributed by atoms with Gasteiger partial charge in [-0.3, -0.25) is 0 Å². The number of benzene rings is 1. The Bertz CT molecular complexity index is 339. The summed E-state index contributed by atoms with van der Waals surface area (Å²) in [7, 11) is 0. The van der Waals surface area contributed by atoms with Gasteiger partial charge in [0.15, 0.2) is 0 Å². The van der Waals surface area contributed by atoms with Crippen LogP contribution in [0.25, 0.3) is 10.4 Å². The van der Waals surface area contributed by atoms with Gasteiger partial charge < -0.3 is 12.9 Å². The fourth-order valence-corrected chi connectivity index (χ4v) is 0.811. The third kappa shape index (κ3) is 2.42. The van der Waals surface area contributed by atoms with Crippen LogP contribution in [-0.2, 0) is 0 Å². The summed E-state index contributed by atoms with van der Waals surface area (Å²) < 4.78 is 36.2. The Kier molecular flexibility index (Phi) is 2.48. The molecule has 0 atom stereocenters. The second kappa shape index (κ2) is 3.41. The number of nitrogens with zero attached hydrogens (tertiary/aromatic N) is 3. The number of hydrogen-bond acceptors (Lipinski definition) is 1. The highest BCUT2D eigenvalue weighted by molar-refractivity contribution is 6.73. The lowest BCUT2D eigenvalue weighted by Crippen LogP contribution is -2.33. The van der Waals surface area contributed by atoms with Crippen LogP contribution in [0.15, 0.2) is 29.4 Å². The molecule has 0 aromatic heterocycles. The molecule has 0 spiro atoms. The van der Waals surface area contributed by atoms with Gasteiger partial charge in [-0.15, -0.1) is 5.46 Å². The van der Waals surface area contributed by atoms with Crippen molar-refractivity contribution in [1.29, 1.82) is 0 Å². The van der Waals surface area contributed by atoms with Gasteiger partial charge in [0.05, 0.1) is 0 Å². The minimum atomic E-state index is -4.97. The number of halogens is 3. The normalized spacial score (nSPS) is 10.7. The average Bonchev–Trinajstić information content (AvgIpc) is 2.04. The molecule has 7 heteroatoms. The Morgan fingerprint density at radius 3 is 2.08 bits per heavy atom. The van der Waals surface area contributed by atoms with E-state index in [9.17, 15) is 12.9 Å². The molecular weight excluding hydrogens is 182 g/mol. The van der Waals surface area contributed by atoms with E-state index in [4.69, 9.17) is 5.53 Å². The lowest BCUT2D eigenvalue weighted by atomic mass is 9.80. The summed E-state index contributed by atoms with van der Waals surface area (Å²) in [5.74, 6) is 0. The van der Waals surface area contributed by atoms with Crippen LogP contribution in [0.4, 0.5) is 18.6 Å². The average molecular weight is 186 g/mol. The number of rotatable bonds is 2. The van der Waals surface area contributed by atoms with Crippen molar-refractivity contribution < 1.29 is 12.9 Å². The van der Waals surface area contributed by atoms with E-state index in [2.05, 4.69) is 10.0 Å². The smallest absolute Gasteiger partial charge is 0.445 e. The predicted octanol–water partition coefficient (Wildman–Crippen LogP) is 2.68. The van der Waals surface area contributed by atoms with Gasteiger partial charge in [-0.25, -0.2) is 0 Å². The second-order valence-corrected chi connectivity index (χ2v) is 2.36. The van der Waals surface area contributed by atoms with Crippen molar-refractivity contribution in [3.05, 3.63) is 34.7 Å². The minimum Gasteiger partial charge on any atom is -0.445 e. The van der Waals surface area contributed by atoms with E-state index < -0.39 is 12.4 Å². The van der Waals surface area contributed by atoms with Crippen LogP contribution in [0.5, 0.6) is 0 Å². The van der Waals surface area contributed by atoms with Crippen LogP contribution in [0.3, 0.4) is 0 Å². The molecule has 3 nitrogen and oxygen atoms in total. The highest BCUT2D eigenvalue weighted by atomic mass is 19.4. The Hall–Kier alpha value is -1.62. The van der Waals surface area contributed by atoms with E-state index in [0.29, 0.717) is 0 Å².